The maximum absolute atomic E-state index is 5.25. The molecular formula is C56H38N4. The molecule has 60 heavy (non-hydrogen) atoms. The van der Waals surface area contributed by atoms with Crippen molar-refractivity contribution in [3.8, 4) is 101 Å². The summed E-state index contributed by atoms with van der Waals surface area (Å²) in [5, 5.41) is 0. The van der Waals surface area contributed by atoms with Crippen LogP contribution in [0.2, 0.25) is 0 Å². The lowest BCUT2D eigenvalue weighted by Crippen LogP contribution is -1.97. The SMILES string of the molecule is c1ccc(-c2cc(-c3ccccc3)nc(-c3cc(-c4cccc(-c5cccc(-c6cccnc6)c5)c4)cc(-c4cccc(-c5cccc(-c6cccnc6)c5)c4)c3)n2)cc1. The summed E-state index contributed by atoms with van der Waals surface area (Å²) in [6, 6.07) is 72.6. The van der Waals surface area contributed by atoms with Gasteiger partial charge in [-0.15, -0.1) is 0 Å². The minimum atomic E-state index is 0.666. The van der Waals surface area contributed by atoms with Crippen molar-refractivity contribution < 1.29 is 0 Å². The molecule has 10 rings (SSSR count). The first kappa shape index (κ1) is 36.3. The fraction of sp³-hybridized carbons (Fsp3) is 0. The van der Waals surface area contributed by atoms with Crippen LogP contribution in [0.15, 0.2) is 231 Å². The molecule has 3 aromatic heterocycles. The molecule has 0 unspecified atom stereocenters. The predicted octanol–water partition coefficient (Wildman–Crippen LogP) is 14.3. The lowest BCUT2D eigenvalue weighted by molar-refractivity contribution is 1.18. The zero-order valence-corrected chi connectivity index (χ0v) is 32.7. The highest BCUT2D eigenvalue weighted by molar-refractivity contribution is 5.85. The Hall–Kier alpha value is -8.08. The summed E-state index contributed by atoms with van der Waals surface area (Å²) in [7, 11) is 0. The molecule has 0 aliphatic carbocycles. The number of nitrogens with zero attached hydrogens (tertiary/aromatic N) is 4. The third kappa shape index (κ3) is 7.78. The monoisotopic (exact) mass is 766 g/mol. The van der Waals surface area contributed by atoms with E-state index >= 15 is 0 Å². The van der Waals surface area contributed by atoms with E-state index in [0.29, 0.717) is 5.82 Å². The van der Waals surface area contributed by atoms with Crippen molar-refractivity contribution in [1.82, 2.24) is 19.9 Å². The van der Waals surface area contributed by atoms with Crippen molar-refractivity contribution >= 4 is 0 Å². The van der Waals surface area contributed by atoms with Gasteiger partial charge in [-0.1, -0.05) is 146 Å². The van der Waals surface area contributed by atoms with Gasteiger partial charge in [-0.2, -0.15) is 0 Å². The van der Waals surface area contributed by atoms with E-state index in [1.54, 1.807) is 0 Å². The number of aromatic nitrogens is 4. The first-order valence-corrected chi connectivity index (χ1v) is 20.1. The molecule has 0 bridgehead atoms. The Morgan fingerprint density at radius 3 is 0.883 bits per heavy atom. The molecule has 282 valence electrons. The topological polar surface area (TPSA) is 51.6 Å². The predicted molar refractivity (Wildman–Crippen MR) is 247 cm³/mol. The van der Waals surface area contributed by atoms with E-state index in [9.17, 15) is 0 Å². The molecule has 0 saturated heterocycles. The van der Waals surface area contributed by atoms with Crippen molar-refractivity contribution in [2.24, 2.45) is 0 Å². The average Bonchev–Trinajstić information content (AvgIpc) is 3.35. The molecule has 0 aliphatic rings. The number of rotatable bonds is 9. The molecule has 10 aromatic rings. The van der Waals surface area contributed by atoms with E-state index in [2.05, 4.69) is 192 Å². The third-order valence-electron chi connectivity index (χ3n) is 10.8. The molecule has 7 aromatic carbocycles. The zero-order valence-electron chi connectivity index (χ0n) is 32.7. The largest absolute Gasteiger partial charge is 0.264 e. The van der Waals surface area contributed by atoms with Crippen LogP contribution >= 0.6 is 0 Å². The van der Waals surface area contributed by atoms with Gasteiger partial charge in [-0.25, -0.2) is 9.97 Å². The van der Waals surface area contributed by atoms with Gasteiger partial charge in [0, 0.05) is 52.6 Å². The quantitative estimate of drug-likeness (QED) is 0.147. The van der Waals surface area contributed by atoms with Crippen molar-refractivity contribution in [1.29, 1.82) is 0 Å². The van der Waals surface area contributed by atoms with Crippen LogP contribution in [-0.4, -0.2) is 19.9 Å². The fourth-order valence-corrected chi connectivity index (χ4v) is 7.76. The number of hydrogen-bond acceptors (Lipinski definition) is 4. The van der Waals surface area contributed by atoms with Gasteiger partial charge < -0.3 is 0 Å². The Morgan fingerprint density at radius 1 is 0.217 bits per heavy atom. The van der Waals surface area contributed by atoms with Crippen molar-refractivity contribution in [3.63, 3.8) is 0 Å². The van der Waals surface area contributed by atoms with E-state index < -0.39 is 0 Å². The molecule has 0 amide bonds. The molecule has 0 saturated carbocycles. The second-order valence-electron chi connectivity index (χ2n) is 14.8. The van der Waals surface area contributed by atoms with Crippen LogP contribution in [0.1, 0.15) is 0 Å². The second-order valence-corrected chi connectivity index (χ2v) is 14.8. The molecule has 0 aliphatic heterocycles. The van der Waals surface area contributed by atoms with Crippen molar-refractivity contribution in [3.05, 3.63) is 231 Å². The van der Waals surface area contributed by atoms with Crippen LogP contribution in [0, 0.1) is 0 Å². The maximum Gasteiger partial charge on any atom is 0.160 e. The number of hydrogen-bond donors (Lipinski definition) is 0. The summed E-state index contributed by atoms with van der Waals surface area (Å²) in [5.41, 5.74) is 18.1. The van der Waals surface area contributed by atoms with E-state index in [1.165, 1.54) is 0 Å². The van der Waals surface area contributed by atoms with Crippen molar-refractivity contribution in [2.75, 3.05) is 0 Å². The number of benzene rings is 7. The van der Waals surface area contributed by atoms with Crippen molar-refractivity contribution in [2.45, 2.75) is 0 Å². The molecule has 4 heteroatoms. The molecule has 0 spiro atoms. The van der Waals surface area contributed by atoms with E-state index in [4.69, 9.17) is 9.97 Å². The fourth-order valence-electron chi connectivity index (χ4n) is 7.76. The molecule has 0 fully saturated rings. The van der Waals surface area contributed by atoms with Gasteiger partial charge >= 0.3 is 0 Å². The lowest BCUT2D eigenvalue weighted by atomic mass is 9.92. The van der Waals surface area contributed by atoms with Crippen LogP contribution in [0.4, 0.5) is 0 Å². The van der Waals surface area contributed by atoms with Crippen LogP contribution in [0.25, 0.3) is 101 Å². The second kappa shape index (κ2) is 16.4. The van der Waals surface area contributed by atoms with Gasteiger partial charge in [0.1, 0.15) is 0 Å². The summed E-state index contributed by atoms with van der Waals surface area (Å²) < 4.78 is 0. The Bertz CT molecular complexity index is 2870. The van der Waals surface area contributed by atoms with E-state index in [1.807, 2.05) is 49.1 Å². The highest BCUT2D eigenvalue weighted by Crippen LogP contribution is 2.37. The maximum atomic E-state index is 5.25. The minimum absolute atomic E-state index is 0.666. The molecule has 0 atom stereocenters. The smallest absolute Gasteiger partial charge is 0.160 e. The first-order chi connectivity index (χ1) is 29.7. The van der Waals surface area contributed by atoms with Gasteiger partial charge in [0.25, 0.3) is 0 Å². The summed E-state index contributed by atoms with van der Waals surface area (Å²) >= 11 is 0. The average molecular weight is 767 g/mol. The molecule has 4 nitrogen and oxygen atoms in total. The highest BCUT2D eigenvalue weighted by Gasteiger charge is 2.15. The Labute approximate surface area is 350 Å². The van der Waals surface area contributed by atoms with Gasteiger partial charge in [0.15, 0.2) is 5.82 Å². The van der Waals surface area contributed by atoms with Gasteiger partial charge in [0.05, 0.1) is 11.4 Å². The zero-order chi connectivity index (χ0) is 40.1. The highest BCUT2D eigenvalue weighted by atomic mass is 14.9. The minimum Gasteiger partial charge on any atom is -0.264 e. The van der Waals surface area contributed by atoms with E-state index in [0.717, 1.165) is 94.8 Å². The summed E-state index contributed by atoms with van der Waals surface area (Å²) in [5.74, 6) is 0.666. The molecular weight excluding hydrogens is 729 g/mol. The van der Waals surface area contributed by atoms with Gasteiger partial charge in [-0.3, -0.25) is 9.97 Å². The van der Waals surface area contributed by atoms with Gasteiger partial charge in [0.2, 0.25) is 0 Å². The lowest BCUT2D eigenvalue weighted by Gasteiger charge is -2.14. The van der Waals surface area contributed by atoms with Crippen LogP contribution in [0.3, 0.4) is 0 Å². The summed E-state index contributed by atoms with van der Waals surface area (Å²) in [6.45, 7) is 0. The van der Waals surface area contributed by atoms with Crippen LogP contribution in [0.5, 0.6) is 0 Å². The molecule has 0 N–H and O–H groups in total. The van der Waals surface area contributed by atoms with Crippen LogP contribution in [-0.2, 0) is 0 Å². The van der Waals surface area contributed by atoms with Gasteiger partial charge in [-0.05, 0) is 116 Å². The molecule has 0 radical (unpaired) electrons. The Kier molecular flexibility index (Phi) is 9.92. The molecule has 3 heterocycles. The summed E-state index contributed by atoms with van der Waals surface area (Å²) in [6.07, 6.45) is 7.44. The Morgan fingerprint density at radius 2 is 0.517 bits per heavy atom. The third-order valence-corrected chi connectivity index (χ3v) is 10.8. The standard InChI is InChI=1S/C56H38N4/c1-3-13-39(14-4-1)54-36-55(40-15-5-2-6-16-40)60-56(59-54)53-34-51(47-23-9-19-43(31-47)41-17-7-21-45(29-41)49-25-11-27-57-37-49)33-52(35-53)48-24-10-20-44(32-48)42-18-8-22-46(30-42)50-26-12-28-58-38-50/h1-38H. The number of pyridine rings is 2. The van der Waals surface area contributed by atoms with E-state index in [-0.39, 0.29) is 0 Å². The first-order valence-electron chi connectivity index (χ1n) is 20.1. The Balaban J connectivity index is 1.13. The van der Waals surface area contributed by atoms with Crippen LogP contribution < -0.4 is 0 Å². The summed E-state index contributed by atoms with van der Waals surface area (Å²) in [4.78, 5) is 19.2. The normalized spacial score (nSPS) is 11.0.